The van der Waals surface area contributed by atoms with Gasteiger partial charge in [-0.15, -0.1) is 0 Å². The van der Waals surface area contributed by atoms with Crippen molar-refractivity contribution in [1.29, 1.82) is 0 Å². The second kappa shape index (κ2) is 39.7. The molecule has 14 nitrogen and oxygen atoms in total. The van der Waals surface area contributed by atoms with Crippen LogP contribution in [0.5, 0.6) is 0 Å². The molecule has 5 atom stereocenters. The maximum Gasteiger partial charge on any atom is 0.472 e. The number of aliphatic hydroxyl groups is 1. The highest BCUT2D eigenvalue weighted by molar-refractivity contribution is 7.47. The second-order valence-corrected chi connectivity index (χ2v) is 19.9. The average molecular weight is 961 g/mol. The Morgan fingerprint density at radius 3 is 1.55 bits per heavy atom. The monoisotopic (exact) mass is 961 g/mol. The van der Waals surface area contributed by atoms with E-state index in [1.807, 2.05) is 18.2 Å². The molecule has 0 aromatic heterocycles. The summed E-state index contributed by atoms with van der Waals surface area (Å²) in [5.74, 6) is -0.320. The molecule has 1 saturated heterocycles. The topological polar surface area (TPSA) is 208 Å². The molecule has 1 aliphatic heterocycles. The zero-order chi connectivity index (χ0) is 47.9. The Kier molecular flexibility index (Phi) is 37.2. The molecule has 0 saturated carbocycles. The maximum absolute atomic E-state index is 12.7. The van der Waals surface area contributed by atoms with Gasteiger partial charge in [0.2, 0.25) is 0 Å². The van der Waals surface area contributed by atoms with Gasteiger partial charge in [0, 0.05) is 12.8 Å². The van der Waals surface area contributed by atoms with Crippen molar-refractivity contribution in [3.63, 3.8) is 0 Å². The van der Waals surface area contributed by atoms with Crippen molar-refractivity contribution in [3.8, 4) is 0 Å². The number of ether oxygens (including phenoxy) is 3. The van der Waals surface area contributed by atoms with Gasteiger partial charge in [-0.25, -0.2) is 9.13 Å². The third kappa shape index (κ3) is 41.7. The van der Waals surface area contributed by atoms with E-state index >= 15 is 0 Å². The first-order chi connectivity index (χ1) is 31.2. The van der Waals surface area contributed by atoms with E-state index in [9.17, 15) is 28.7 Å². The lowest BCUT2D eigenvalue weighted by Crippen LogP contribution is -2.29. The molecule has 0 aliphatic carbocycles. The second-order valence-electron chi connectivity index (χ2n) is 17.2. The van der Waals surface area contributed by atoms with Crippen molar-refractivity contribution in [2.24, 2.45) is 5.92 Å². The van der Waals surface area contributed by atoms with Crippen LogP contribution in [-0.4, -0.2) is 82.6 Å². The maximum atomic E-state index is 12.7. The molecule has 1 rings (SSSR count). The van der Waals surface area contributed by atoms with Gasteiger partial charge in [-0.05, 0) is 57.3 Å². The van der Waals surface area contributed by atoms with E-state index in [0.717, 1.165) is 57.3 Å². The fraction of sp³-hybridized carbons (Fsp3) is 0.755. The van der Waals surface area contributed by atoms with E-state index in [1.54, 1.807) is 0 Å². The standard InChI is InChI=1S/C49H86O14P2/c1-4-5-29-35-46-47(63-46)36-31-26-22-18-14-11-12-15-19-23-27-32-37-48(51)58-41-45(42-61-65(56,57)60-40-44(50)39-59-64(53,54)55)62-49(52)38-33-28-24-20-16-10-8-6-7-9-13-17-21-25-30-34-43(2)3/h5,12,14-15,18,23,26-27,29,31,43-47,50H,4,6-11,13,16-17,19-22,24-25,28,30,32-42H2,1-3H3,(H,56,57)(H2,53,54,55)/b15-12-,18-14-,27-23-,29-5-,31-26-/t44-,45+,46?,47?/m0/s1. The van der Waals surface area contributed by atoms with Gasteiger partial charge in [0.15, 0.2) is 6.10 Å². The third-order valence-electron chi connectivity index (χ3n) is 10.5. The minimum Gasteiger partial charge on any atom is -0.462 e. The quantitative estimate of drug-likeness (QED) is 0.0147. The number of carbonyl (C=O) groups excluding carboxylic acids is 2. The van der Waals surface area contributed by atoms with E-state index in [4.69, 9.17) is 33.0 Å². The summed E-state index contributed by atoms with van der Waals surface area (Å²) in [4.78, 5) is 52.8. The van der Waals surface area contributed by atoms with Crippen LogP contribution in [-0.2, 0) is 46.5 Å². The Labute approximate surface area is 391 Å². The number of hydrogen-bond acceptors (Lipinski definition) is 11. The minimum atomic E-state index is -4.87. The fourth-order valence-corrected chi connectivity index (χ4v) is 7.87. The molecule has 4 N–H and O–H groups in total. The van der Waals surface area contributed by atoms with Crippen molar-refractivity contribution in [1.82, 2.24) is 0 Å². The van der Waals surface area contributed by atoms with Crippen molar-refractivity contribution < 1.29 is 66.3 Å². The van der Waals surface area contributed by atoms with Crippen LogP contribution in [0.4, 0.5) is 0 Å². The molecule has 0 aromatic carbocycles. The molecule has 1 fully saturated rings. The average Bonchev–Trinajstić information content (AvgIpc) is 4.01. The normalized spacial score (nSPS) is 17.6. The summed E-state index contributed by atoms with van der Waals surface area (Å²) in [6, 6.07) is 0. The molecular weight excluding hydrogens is 874 g/mol. The van der Waals surface area contributed by atoms with Crippen molar-refractivity contribution >= 4 is 27.6 Å². The van der Waals surface area contributed by atoms with Gasteiger partial charge < -0.3 is 34.0 Å². The number of phosphoric acid groups is 2. The third-order valence-corrected chi connectivity index (χ3v) is 11.9. The largest absolute Gasteiger partial charge is 0.472 e. The van der Waals surface area contributed by atoms with E-state index in [0.29, 0.717) is 31.5 Å². The van der Waals surface area contributed by atoms with Gasteiger partial charge in [0.25, 0.3) is 0 Å². The summed E-state index contributed by atoms with van der Waals surface area (Å²) < 4.78 is 53.5. The van der Waals surface area contributed by atoms with Gasteiger partial charge in [-0.2, -0.15) is 0 Å². The zero-order valence-corrected chi connectivity index (χ0v) is 41.7. The first kappa shape index (κ1) is 60.8. The van der Waals surface area contributed by atoms with Crippen molar-refractivity contribution in [2.75, 3.05) is 26.4 Å². The molecule has 0 amide bonds. The fourth-order valence-electron chi connectivity index (χ4n) is 6.72. The number of epoxide rings is 1. The number of aliphatic hydroxyl groups excluding tert-OH is 1. The summed E-state index contributed by atoms with van der Waals surface area (Å²) >= 11 is 0. The van der Waals surface area contributed by atoms with Crippen LogP contribution in [0, 0.1) is 5.92 Å². The highest BCUT2D eigenvalue weighted by atomic mass is 31.2. The zero-order valence-electron chi connectivity index (χ0n) is 39.9. The summed E-state index contributed by atoms with van der Waals surface area (Å²) in [7, 11) is -9.71. The van der Waals surface area contributed by atoms with Crippen LogP contribution in [0.3, 0.4) is 0 Å². The highest BCUT2D eigenvalue weighted by Gasteiger charge is 2.36. The molecule has 0 aromatic rings. The van der Waals surface area contributed by atoms with Gasteiger partial charge in [0.1, 0.15) is 12.7 Å². The van der Waals surface area contributed by atoms with E-state index in [2.05, 4.69) is 67.8 Å². The minimum absolute atomic E-state index is 0.0659. The molecule has 16 heteroatoms. The Hall–Kier alpha value is -2.22. The number of carbonyl (C=O) groups is 2. The summed E-state index contributed by atoms with van der Waals surface area (Å²) in [5, 5.41) is 9.77. The molecule has 376 valence electrons. The summed E-state index contributed by atoms with van der Waals surface area (Å²) in [6.07, 6.45) is 44.1. The molecule has 0 spiro atoms. The first-order valence-electron chi connectivity index (χ1n) is 24.5. The van der Waals surface area contributed by atoms with Crippen LogP contribution in [0.2, 0.25) is 0 Å². The summed E-state index contributed by atoms with van der Waals surface area (Å²) in [5.41, 5.74) is 0. The van der Waals surface area contributed by atoms with Crippen LogP contribution in [0.1, 0.15) is 181 Å². The van der Waals surface area contributed by atoms with Gasteiger partial charge in [-0.1, -0.05) is 178 Å². The molecule has 0 radical (unpaired) electrons. The van der Waals surface area contributed by atoms with Gasteiger partial charge >= 0.3 is 27.6 Å². The lowest BCUT2D eigenvalue weighted by Gasteiger charge is -2.20. The Morgan fingerprint density at radius 1 is 0.569 bits per heavy atom. The lowest BCUT2D eigenvalue weighted by atomic mass is 10.0. The van der Waals surface area contributed by atoms with E-state index < -0.39 is 66.2 Å². The number of allylic oxidation sites excluding steroid dienone is 8. The SMILES string of the molecule is CC/C=C\CC1OC1C/C=C\C/C=C\C/C=C\C/C=C\CCC(=O)OC[C@H](COP(=O)(O)OC[C@@H](O)COP(=O)(O)O)OC(=O)CCCCCCCCCCCCCCCCCC(C)C. The van der Waals surface area contributed by atoms with E-state index in [-0.39, 0.29) is 12.8 Å². The number of rotatable bonds is 44. The molecule has 1 aliphatic rings. The Balaban J connectivity index is 2.35. The van der Waals surface area contributed by atoms with Crippen molar-refractivity contribution in [2.45, 2.75) is 206 Å². The molecule has 3 unspecified atom stereocenters. The number of hydrogen-bond donors (Lipinski definition) is 4. The predicted molar refractivity (Wildman–Crippen MR) is 257 cm³/mol. The van der Waals surface area contributed by atoms with Crippen LogP contribution >= 0.6 is 15.6 Å². The molecule has 1 heterocycles. The van der Waals surface area contributed by atoms with Crippen LogP contribution < -0.4 is 0 Å². The van der Waals surface area contributed by atoms with Crippen molar-refractivity contribution in [3.05, 3.63) is 60.8 Å². The lowest BCUT2D eigenvalue weighted by molar-refractivity contribution is -0.161. The van der Waals surface area contributed by atoms with Crippen LogP contribution in [0.25, 0.3) is 0 Å². The first-order valence-corrected chi connectivity index (χ1v) is 27.5. The van der Waals surface area contributed by atoms with Gasteiger partial charge in [0.05, 0.1) is 32.0 Å². The Bertz CT molecular complexity index is 1460. The predicted octanol–water partition coefficient (Wildman–Crippen LogP) is 12.0. The Morgan fingerprint density at radius 2 is 1.03 bits per heavy atom. The smallest absolute Gasteiger partial charge is 0.462 e. The molecular formula is C49H86O14P2. The number of phosphoric ester groups is 2. The molecule has 65 heavy (non-hydrogen) atoms. The molecule has 0 bridgehead atoms. The summed E-state index contributed by atoms with van der Waals surface area (Å²) in [6.45, 7) is 3.91. The van der Waals surface area contributed by atoms with E-state index in [1.165, 1.54) is 77.0 Å². The highest BCUT2D eigenvalue weighted by Crippen LogP contribution is 2.44. The van der Waals surface area contributed by atoms with Crippen LogP contribution in [0.15, 0.2) is 60.8 Å². The van der Waals surface area contributed by atoms with Gasteiger partial charge in [-0.3, -0.25) is 23.2 Å². The number of unbranched alkanes of at least 4 members (excludes halogenated alkanes) is 14. The number of esters is 2.